The van der Waals surface area contributed by atoms with Gasteiger partial charge in [0.05, 0.1) is 12.6 Å². The number of ether oxygens (including phenoxy) is 1. The molecule has 6 nitrogen and oxygen atoms in total. The Morgan fingerprint density at radius 1 is 1.33 bits per heavy atom. The minimum absolute atomic E-state index is 0.168. The summed E-state index contributed by atoms with van der Waals surface area (Å²) >= 11 is 0. The van der Waals surface area contributed by atoms with E-state index in [9.17, 15) is 4.79 Å². The van der Waals surface area contributed by atoms with E-state index in [1.54, 1.807) is 13.2 Å². The first-order valence-electron chi connectivity index (χ1n) is 7.48. The molecule has 0 fully saturated rings. The van der Waals surface area contributed by atoms with Gasteiger partial charge in [0.1, 0.15) is 5.75 Å². The molecule has 3 aromatic rings. The second-order valence-corrected chi connectivity index (χ2v) is 5.32. The number of hydrogen-bond acceptors (Lipinski definition) is 4. The summed E-state index contributed by atoms with van der Waals surface area (Å²) in [5, 5.41) is 10.5. The van der Waals surface area contributed by atoms with Crippen molar-refractivity contribution in [2.75, 3.05) is 12.8 Å². The molecule has 1 amide bonds. The third kappa shape index (κ3) is 3.55. The zero-order valence-corrected chi connectivity index (χ0v) is 13.2. The molecule has 1 aromatic heterocycles. The van der Waals surface area contributed by atoms with Crippen molar-refractivity contribution in [1.29, 1.82) is 0 Å². The number of aromatic amines is 1. The first kappa shape index (κ1) is 15.6. The van der Waals surface area contributed by atoms with Crippen LogP contribution in [0.15, 0.2) is 48.5 Å². The van der Waals surface area contributed by atoms with E-state index >= 15 is 0 Å². The summed E-state index contributed by atoms with van der Waals surface area (Å²) in [5.41, 5.74) is 8.51. The van der Waals surface area contributed by atoms with Gasteiger partial charge < -0.3 is 15.8 Å². The van der Waals surface area contributed by atoms with Crippen LogP contribution in [0.1, 0.15) is 11.1 Å². The number of carbonyl (C=O) groups is 1. The summed E-state index contributed by atoms with van der Waals surface area (Å²) in [4.78, 5) is 12.0. The number of carbonyl (C=O) groups excluding carboxylic acids is 1. The normalized spacial score (nSPS) is 11.0. The SMILES string of the molecule is COc1cccc(CNC(=O)C=Cc2ccc3[nH]nc(N)c3c2)c1. The highest BCUT2D eigenvalue weighted by Gasteiger charge is 2.02. The number of nitrogens with two attached hydrogens (primary N) is 1. The number of anilines is 1. The minimum Gasteiger partial charge on any atom is -0.497 e. The lowest BCUT2D eigenvalue weighted by molar-refractivity contribution is -0.116. The third-order valence-corrected chi connectivity index (χ3v) is 3.64. The van der Waals surface area contributed by atoms with Gasteiger partial charge in [-0.3, -0.25) is 9.89 Å². The van der Waals surface area contributed by atoms with Crippen LogP contribution in [-0.2, 0) is 11.3 Å². The maximum Gasteiger partial charge on any atom is 0.244 e. The van der Waals surface area contributed by atoms with Crippen molar-refractivity contribution < 1.29 is 9.53 Å². The Balaban J connectivity index is 1.62. The summed E-state index contributed by atoms with van der Waals surface area (Å²) in [6, 6.07) is 13.2. The number of nitrogen functional groups attached to an aromatic ring is 1. The predicted molar refractivity (Wildman–Crippen MR) is 94.4 cm³/mol. The number of methoxy groups -OCH3 is 1. The maximum atomic E-state index is 12.0. The van der Waals surface area contributed by atoms with E-state index in [1.165, 1.54) is 6.08 Å². The molecule has 4 N–H and O–H groups in total. The van der Waals surface area contributed by atoms with E-state index < -0.39 is 0 Å². The van der Waals surface area contributed by atoms with Crippen molar-refractivity contribution >= 4 is 28.7 Å². The van der Waals surface area contributed by atoms with Crippen LogP contribution in [0, 0.1) is 0 Å². The molecular weight excluding hydrogens is 304 g/mol. The van der Waals surface area contributed by atoms with Gasteiger partial charge in [-0.1, -0.05) is 18.2 Å². The monoisotopic (exact) mass is 322 g/mol. The van der Waals surface area contributed by atoms with Crippen LogP contribution < -0.4 is 15.8 Å². The van der Waals surface area contributed by atoms with Crippen molar-refractivity contribution in [3.8, 4) is 5.75 Å². The Labute approximate surface area is 139 Å². The van der Waals surface area contributed by atoms with Crippen LogP contribution in [0.3, 0.4) is 0 Å². The van der Waals surface area contributed by atoms with Gasteiger partial charge in [-0.15, -0.1) is 0 Å². The molecular formula is C18H18N4O2. The van der Waals surface area contributed by atoms with E-state index in [-0.39, 0.29) is 5.91 Å². The highest BCUT2D eigenvalue weighted by Crippen LogP contribution is 2.19. The predicted octanol–water partition coefficient (Wildman–Crippen LogP) is 2.48. The molecule has 0 aliphatic rings. The van der Waals surface area contributed by atoms with Crippen molar-refractivity contribution in [3.05, 3.63) is 59.7 Å². The number of amides is 1. The summed E-state index contributed by atoms with van der Waals surface area (Å²) in [5.74, 6) is 1.05. The van der Waals surface area contributed by atoms with Gasteiger partial charge in [0, 0.05) is 18.0 Å². The molecule has 0 bridgehead atoms. The second kappa shape index (κ2) is 6.87. The average molecular weight is 322 g/mol. The van der Waals surface area contributed by atoms with Gasteiger partial charge in [-0.2, -0.15) is 5.10 Å². The standard InChI is InChI=1S/C18H18N4O2/c1-24-14-4-2-3-13(9-14)11-20-17(23)8-6-12-5-7-16-15(10-12)18(19)22-21-16/h2-10H,11H2,1H3,(H,20,23)(H3,19,21,22). The smallest absolute Gasteiger partial charge is 0.244 e. The fraction of sp³-hybridized carbons (Fsp3) is 0.111. The Hall–Kier alpha value is -3.28. The fourth-order valence-electron chi connectivity index (χ4n) is 2.36. The topological polar surface area (TPSA) is 93.0 Å². The zero-order chi connectivity index (χ0) is 16.9. The number of nitrogens with zero attached hydrogens (tertiary/aromatic N) is 1. The molecule has 0 aliphatic carbocycles. The molecule has 0 atom stereocenters. The van der Waals surface area contributed by atoms with E-state index in [0.717, 1.165) is 27.8 Å². The van der Waals surface area contributed by atoms with Crippen LogP contribution >= 0.6 is 0 Å². The lowest BCUT2D eigenvalue weighted by atomic mass is 10.1. The number of nitrogens with one attached hydrogen (secondary N) is 2. The number of aromatic nitrogens is 2. The quantitative estimate of drug-likeness (QED) is 0.629. The van der Waals surface area contributed by atoms with Gasteiger partial charge in [0.25, 0.3) is 0 Å². The molecule has 6 heteroatoms. The second-order valence-electron chi connectivity index (χ2n) is 5.32. The van der Waals surface area contributed by atoms with Crippen LogP contribution in [0.5, 0.6) is 5.75 Å². The largest absolute Gasteiger partial charge is 0.497 e. The van der Waals surface area contributed by atoms with Gasteiger partial charge in [0.2, 0.25) is 5.91 Å². The zero-order valence-electron chi connectivity index (χ0n) is 13.2. The highest BCUT2D eigenvalue weighted by atomic mass is 16.5. The first-order chi connectivity index (χ1) is 11.7. The van der Waals surface area contributed by atoms with E-state index in [4.69, 9.17) is 10.5 Å². The first-order valence-corrected chi connectivity index (χ1v) is 7.48. The fourth-order valence-corrected chi connectivity index (χ4v) is 2.36. The number of rotatable bonds is 5. The van der Waals surface area contributed by atoms with Gasteiger partial charge in [-0.25, -0.2) is 0 Å². The highest BCUT2D eigenvalue weighted by molar-refractivity contribution is 5.94. The molecule has 0 radical (unpaired) electrons. The van der Waals surface area contributed by atoms with E-state index in [2.05, 4.69) is 15.5 Å². The molecule has 0 saturated heterocycles. The van der Waals surface area contributed by atoms with Crippen molar-refractivity contribution in [3.63, 3.8) is 0 Å². The summed E-state index contributed by atoms with van der Waals surface area (Å²) in [6.07, 6.45) is 3.24. The average Bonchev–Trinajstić information content (AvgIpc) is 2.99. The summed E-state index contributed by atoms with van der Waals surface area (Å²) < 4.78 is 5.16. The number of H-pyrrole nitrogens is 1. The molecule has 0 unspecified atom stereocenters. The van der Waals surface area contributed by atoms with Crippen molar-refractivity contribution in [1.82, 2.24) is 15.5 Å². The Morgan fingerprint density at radius 3 is 3.04 bits per heavy atom. The maximum absolute atomic E-state index is 12.0. The summed E-state index contributed by atoms with van der Waals surface area (Å²) in [7, 11) is 1.62. The third-order valence-electron chi connectivity index (χ3n) is 3.64. The molecule has 122 valence electrons. The molecule has 2 aromatic carbocycles. The van der Waals surface area contributed by atoms with Gasteiger partial charge >= 0.3 is 0 Å². The molecule has 1 heterocycles. The molecule has 0 spiro atoms. The number of fused-ring (bicyclic) bond motifs is 1. The minimum atomic E-state index is -0.168. The lowest BCUT2D eigenvalue weighted by Crippen LogP contribution is -2.20. The van der Waals surface area contributed by atoms with Crippen molar-refractivity contribution in [2.45, 2.75) is 6.54 Å². The van der Waals surface area contributed by atoms with E-state index in [1.807, 2.05) is 42.5 Å². The summed E-state index contributed by atoms with van der Waals surface area (Å²) in [6.45, 7) is 0.439. The Bertz CT molecular complexity index is 899. The number of benzene rings is 2. The number of hydrogen-bond donors (Lipinski definition) is 3. The molecule has 24 heavy (non-hydrogen) atoms. The van der Waals surface area contributed by atoms with Crippen molar-refractivity contribution in [2.24, 2.45) is 0 Å². The van der Waals surface area contributed by atoms with Crippen LogP contribution in [-0.4, -0.2) is 23.2 Å². The Morgan fingerprint density at radius 2 is 2.21 bits per heavy atom. The molecule has 0 aliphatic heterocycles. The van der Waals surface area contributed by atoms with E-state index in [0.29, 0.717) is 12.4 Å². The lowest BCUT2D eigenvalue weighted by Gasteiger charge is -2.05. The molecule has 0 saturated carbocycles. The van der Waals surface area contributed by atoms with Crippen LogP contribution in [0.2, 0.25) is 0 Å². The molecule has 3 rings (SSSR count). The van der Waals surface area contributed by atoms with Gasteiger partial charge in [-0.05, 0) is 41.5 Å². The van der Waals surface area contributed by atoms with Crippen LogP contribution in [0.25, 0.3) is 17.0 Å². The van der Waals surface area contributed by atoms with Gasteiger partial charge in [0.15, 0.2) is 5.82 Å². The Kier molecular flexibility index (Phi) is 4.47. The van der Waals surface area contributed by atoms with Crippen LogP contribution in [0.4, 0.5) is 5.82 Å².